The molecule has 3 aliphatic rings. The smallest absolute Gasteiger partial charge is 0.410 e. The van der Waals surface area contributed by atoms with E-state index in [4.69, 9.17) is 14.2 Å². The molecule has 1 spiro atoms. The summed E-state index contributed by atoms with van der Waals surface area (Å²) in [5, 5.41) is 2.53. The average molecular weight is 472 g/mol. The molecule has 5 rings (SSSR count). The Morgan fingerprint density at radius 3 is 2.79 bits per heavy atom. The first-order valence-electron chi connectivity index (χ1n) is 11.5. The summed E-state index contributed by atoms with van der Waals surface area (Å²) in [5.74, 6) is -0.346. The number of rotatable bonds is 4. The van der Waals surface area contributed by atoms with Crippen LogP contribution in [0.25, 0.3) is 0 Å². The normalized spacial score (nSPS) is 26.6. The van der Waals surface area contributed by atoms with Crippen molar-refractivity contribution in [2.45, 2.75) is 44.1 Å². The van der Waals surface area contributed by atoms with Crippen LogP contribution in [0, 0.1) is 11.8 Å². The molecule has 3 heterocycles. The molecule has 2 aliphatic heterocycles. The number of ether oxygens (including phenoxy) is 3. The number of imide groups is 1. The van der Waals surface area contributed by atoms with E-state index in [2.05, 4.69) is 16.9 Å². The molecule has 0 bridgehead atoms. The van der Waals surface area contributed by atoms with Crippen molar-refractivity contribution in [1.29, 1.82) is 0 Å². The quantitative estimate of drug-likeness (QED) is 0.675. The van der Waals surface area contributed by atoms with Gasteiger partial charge in [-0.05, 0) is 37.9 Å². The van der Waals surface area contributed by atoms with E-state index < -0.39 is 11.9 Å². The molecule has 1 aromatic heterocycles. The van der Waals surface area contributed by atoms with E-state index in [1.165, 1.54) is 16.2 Å². The average Bonchev–Trinajstić information content (AvgIpc) is 3.50. The number of likely N-dealkylation sites (tertiary alicyclic amines) is 1. The van der Waals surface area contributed by atoms with E-state index in [1.54, 1.807) is 30.5 Å². The van der Waals surface area contributed by atoms with Crippen molar-refractivity contribution in [2.24, 2.45) is 11.8 Å². The molecule has 1 aliphatic carbocycles. The summed E-state index contributed by atoms with van der Waals surface area (Å²) in [6.45, 7) is 1.97. The Bertz CT molecular complexity index is 964. The summed E-state index contributed by atoms with van der Waals surface area (Å²) < 4.78 is 17.5. The van der Waals surface area contributed by atoms with Gasteiger partial charge in [0.05, 0.1) is 25.7 Å². The van der Waals surface area contributed by atoms with Crippen LogP contribution in [0.4, 0.5) is 4.79 Å². The van der Waals surface area contributed by atoms with Gasteiger partial charge < -0.3 is 19.1 Å². The Morgan fingerprint density at radius 1 is 1.27 bits per heavy atom. The number of para-hydroxylation sites is 1. The number of nitrogens with zero attached hydrogens (tertiary/aromatic N) is 3. The Hall–Kier alpha value is -2.33. The van der Waals surface area contributed by atoms with Crippen LogP contribution < -0.4 is 4.74 Å². The van der Waals surface area contributed by atoms with Crippen LogP contribution in [0.2, 0.25) is 0 Å². The van der Waals surface area contributed by atoms with Gasteiger partial charge >= 0.3 is 6.09 Å². The number of carbonyl (C=O) groups excluding carboxylic acids is 2. The molecule has 2 amide bonds. The maximum absolute atomic E-state index is 13.7. The van der Waals surface area contributed by atoms with Crippen LogP contribution in [0.15, 0.2) is 41.9 Å². The molecule has 8 nitrogen and oxygen atoms in total. The second kappa shape index (κ2) is 9.50. The van der Waals surface area contributed by atoms with Gasteiger partial charge in [0, 0.05) is 37.0 Å². The number of hydrogen-bond acceptors (Lipinski definition) is 8. The van der Waals surface area contributed by atoms with Gasteiger partial charge in [-0.25, -0.2) is 14.7 Å². The minimum Gasteiger partial charge on any atom is -0.410 e. The lowest BCUT2D eigenvalue weighted by molar-refractivity contribution is -0.202. The van der Waals surface area contributed by atoms with E-state index in [0.717, 1.165) is 19.3 Å². The fourth-order valence-corrected chi connectivity index (χ4v) is 6.09. The third-order valence-corrected chi connectivity index (χ3v) is 7.74. The van der Waals surface area contributed by atoms with Gasteiger partial charge in [0.1, 0.15) is 10.8 Å². The maximum Gasteiger partial charge on any atom is 0.422 e. The zero-order valence-electron chi connectivity index (χ0n) is 18.7. The highest BCUT2D eigenvalue weighted by atomic mass is 32.1. The first kappa shape index (κ1) is 22.5. The van der Waals surface area contributed by atoms with Crippen molar-refractivity contribution >= 4 is 23.3 Å². The molecule has 0 radical (unpaired) electrons. The van der Waals surface area contributed by atoms with Gasteiger partial charge in [0.2, 0.25) is 5.91 Å². The fourth-order valence-electron chi connectivity index (χ4n) is 5.49. The van der Waals surface area contributed by atoms with Crippen molar-refractivity contribution < 1.29 is 23.8 Å². The first-order valence-corrected chi connectivity index (χ1v) is 12.4. The number of thiazole rings is 1. The van der Waals surface area contributed by atoms with E-state index in [9.17, 15) is 9.59 Å². The molecule has 0 unspecified atom stereocenters. The molecule has 2 aromatic rings. The molecule has 1 saturated carbocycles. The van der Waals surface area contributed by atoms with Crippen molar-refractivity contribution in [3.05, 3.63) is 46.9 Å². The molecule has 33 heavy (non-hydrogen) atoms. The summed E-state index contributed by atoms with van der Waals surface area (Å²) in [6.07, 6.45) is 4.36. The van der Waals surface area contributed by atoms with Crippen LogP contribution in [0.5, 0.6) is 5.75 Å². The number of benzene rings is 1. The molecule has 176 valence electrons. The van der Waals surface area contributed by atoms with E-state index in [-0.39, 0.29) is 24.3 Å². The zero-order chi connectivity index (χ0) is 22.8. The van der Waals surface area contributed by atoms with Gasteiger partial charge in [-0.2, -0.15) is 0 Å². The Morgan fingerprint density at radius 2 is 2.06 bits per heavy atom. The molecule has 1 aromatic carbocycles. The van der Waals surface area contributed by atoms with Gasteiger partial charge in [-0.1, -0.05) is 18.2 Å². The highest BCUT2D eigenvalue weighted by molar-refractivity contribution is 7.09. The lowest BCUT2D eigenvalue weighted by Crippen LogP contribution is -2.56. The van der Waals surface area contributed by atoms with Crippen LogP contribution in [0.3, 0.4) is 0 Å². The summed E-state index contributed by atoms with van der Waals surface area (Å²) in [7, 11) is 2.07. The maximum atomic E-state index is 13.7. The highest BCUT2D eigenvalue weighted by Gasteiger charge is 2.49. The second-order valence-corrected chi connectivity index (χ2v) is 10.1. The number of aromatic nitrogens is 1. The van der Waals surface area contributed by atoms with Crippen LogP contribution >= 0.6 is 11.3 Å². The van der Waals surface area contributed by atoms with Crippen LogP contribution in [-0.4, -0.2) is 65.4 Å². The summed E-state index contributed by atoms with van der Waals surface area (Å²) in [6, 6.07) is 9.23. The number of fused-ring (bicyclic) bond motifs is 1. The van der Waals surface area contributed by atoms with Crippen LogP contribution in [0.1, 0.15) is 30.7 Å². The van der Waals surface area contributed by atoms with Crippen molar-refractivity contribution in [2.75, 3.05) is 26.8 Å². The predicted molar refractivity (Wildman–Crippen MR) is 122 cm³/mol. The van der Waals surface area contributed by atoms with Crippen molar-refractivity contribution in [1.82, 2.24) is 14.8 Å². The predicted octanol–water partition coefficient (Wildman–Crippen LogP) is 3.53. The van der Waals surface area contributed by atoms with Crippen molar-refractivity contribution in [3.63, 3.8) is 0 Å². The van der Waals surface area contributed by atoms with E-state index in [0.29, 0.717) is 43.0 Å². The monoisotopic (exact) mass is 471 g/mol. The summed E-state index contributed by atoms with van der Waals surface area (Å²) in [5.41, 5.74) is 0. The number of hydrogen-bond donors (Lipinski definition) is 0. The molecule has 3 atom stereocenters. The largest absolute Gasteiger partial charge is 0.422 e. The second-order valence-electron chi connectivity index (χ2n) is 9.08. The molecule has 3 fully saturated rings. The van der Waals surface area contributed by atoms with Crippen molar-refractivity contribution in [3.8, 4) is 5.75 Å². The van der Waals surface area contributed by atoms with Gasteiger partial charge in [-0.15, -0.1) is 11.3 Å². The Balaban J connectivity index is 1.33. The molecule has 2 saturated heterocycles. The van der Waals surface area contributed by atoms with E-state index >= 15 is 0 Å². The first-order chi connectivity index (χ1) is 16.0. The fraction of sp³-hybridized carbons (Fsp3) is 0.542. The van der Waals surface area contributed by atoms with Crippen LogP contribution in [-0.2, 0) is 20.8 Å². The molecule has 9 heteroatoms. The van der Waals surface area contributed by atoms with Gasteiger partial charge in [0.25, 0.3) is 0 Å². The lowest BCUT2D eigenvalue weighted by Gasteiger charge is -2.49. The SMILES string of the molecule is CN1C[C@H](C(=O)N(Cc2nccs2)C(=O)Oc2ccccc2)C[C@@H]2CC3(CC[C@H]21)OCCO3. The summed E-state index contributed by atoms with van der Waals surface area (Å²) in [4.78, 5) is 34.6. The highest BCUT2D eigenvalue weighted by Crippen LogP contribution is 2.45. The molecule has 0 N–H and O–H groups in total. The van der Waals surface area contributed by atoms with E-state index in [1.807, 2.05) is 11.4 Å². The van der Waals surface area contributed by atoms with Gasteiger partial charge in [0.15, 0.2) is 5.79 Å². The molecular weight excluding hydrogens is 442 g/mol. The minimum atomic E-state index is -0.672. The topological polar surface area (TPSA) is 81.2 Å². The van der Waals surface area contributed by atoms with Gasteiger partial charge in [-0.3, -0.25) is 4.79 Å². The third-order valence-electron chi connectivity index (χ3n) is 6.97. The lowest BCUT2D eigenvalue weighted by atomic mass is 9.72. The Labute approximate surface area is 197 Å². The zero-order valence-corrected chi connectivity index (χ0v) is 19.5. The number of piperidine rings is 1. The number of carbonyl (C=O) groups is 2. The standard InChI is InChI=1S/C24H29N3O5S/c1-26-15-18(13-17-14-24(8-7-20(17)26)30-10-11-31-24)22(28)27(16-21-25-9-12-33-21)23(29)32-19-5-3-2-4-6-19/h2-6,9,12,17-18,20H,7-8,10-11,13-16H2,1H3/t17-,18-,20-/m1/s1. The summed E-state index contributed by atoms with van der Waals surface area (Å²) >= 11 is 1.41. The minimum absolute atomic E-state index is 0.104. The number of amides is 2. The Kier molecular flexibility index (Phi) is 6.47. The third kappa shape index (κ3) is 4.82. The molecular formula is C24H29N3O5S.